The number of carbonyl (C=O) groups excluding carboxylic acids is 1. The quantitative estimate of drug-likeness (QED) is 0.357. The first-order valence-corrected chi connectivity index (χ1v) is 10.4. The monoisotopic (exact) mass is 378 g/mol. The van der Waals surface area contributed by atoms with Crippen LogP contribution in [0.5, 0.6) is 0 Å². The molecule has 154 valence electrons. The van der Waals surface area contributed by atoms with Crippen LogP contribution in [0, 0.1) is 16.7 Å². The number of aliphatic carboxylic acids is 1. The fourth-order valence-electron chi connectivity index (χ4n) is 3.78. The van der Waals surface area contributed by atoms with E-state index in [4.69, 9.17) is 5.11 Å². The molecule has 0 bridgehead atoms. The van der Waals surface area contributed by atoms with Gasteiger partial charge in [0.05, 0.1) is 6.10 Å². The van der Waals surface area contributed by atoms with Crippen LogP contribution in [0.3, 0.4) is 0 Å². The van der Waals surface area contributed by atoms with E-state index in [1.54, 1.807) is 0 Å². The van der Waals surface area contributed by atoms with Crippen LogP contribution in [0.4, 0.5) is 0 Å². The first-order valence-electron chi connectivity index (χ1n) is 10.4. The van der Waals surface area contributed by atoms with E-state index in [9.17, 15) is 14.7 Å². The van der Waals surface area contributed by atoms with Crippen molar-refractivity contribution in [3.63, 3.8) is 0 Å². The van der Waals surface area contributed by atoms with Gasteiger partial charge in [-0.1, -0.05) is 64.8 Å². The molecule has 0 aromatic heterocycles. The number of aliphatic hydroxyl groups is 1. The summed E-state index contributed by atoms with van der Waals surface area (Å²) in [5.74, 6) is -0.542. The molecule has 1 unspecified atom stereocenters. The minimum absolute atomic E-state index is 0.0598. The number of rotatable bonds is 12. The second-order valence-electron chi connectivity index (χ2n) is 8.91. The maximum Gasteiger partial charge on any atom is 0.303 e. The first kappa shape index (κ1) is 23.6. The summed E-state index contributed by atoms with van der Waals surface area (Å²) in [6.45, 7) is 8.46. The Kier molecular flexibility index (Phi) is 9.44. The van der Waals surface area contributed by atoms with E-state index in [0.717, 1.165) is 32.1 Å². The number of allylic oxidation sites excluding steroid dienone is 3. The van der Waals surface area contributed by atoms with Crippen molar-refractivity contribution in [1.82, 2.24) is 0 Å². The summed E-state index contributed by atoms with van der Waals surface area (Å²) in [6, 6.07) is 0. The molecule has 0 saturated heterocycles. The van der Waals surface area contributed by atoms with E-state index >= 15 is 0 Å². The normalized spacial score (nSPS) is 24.9. The zero-order valence-corrected chi connectivity index (χ0v) is 17.5. The third-order valence-electron chi connectivity index (χ3n) is 6.03. The van der Waals surface area contributed by atoms with E-state index in [2.05, 4.69) is 33.8 Å². The first-order chi connectivity index (χ1) is 12.6. The minimum atomic E-state index is -0.771. The summed E-state index contributed by atoms with van der Waals surface area (Å²) in [7, 11) is 0. The van der Waals surface area contributed by atoms with Crippen LogP contribution in [0.1, 0.15) is 85.5 Å². The molecular formula is C23H38O4. The summed E-state index contributed by atoms with van der Waals surface area (Å²) in [6.07, 6.45) is 14.3. The molecule has 1 rings (SSSR count). The highest BCUT2D eigenvalue weighted by Crippen LogP contribution is 2.44. The lowest BCUT2D eigenvalue weighted by atomic mass is 9.75. The molecule has 1 aliphatic carbocycles. The number of hydrogen-bond acceptors (Lipinski definition) is 3. The lowest BCUT2D eigenvalue weighted by Gasteiger charge is -2.31. The Labute approximate surface area is 164 Å². The topological polar surface area (TPSA) is 74.6 Å². The largest absolute Gasteiger partial charge is 0.481 e. The molecular weight excluding hydrogens is 340 g/mol. The molecule has 0 aromatic rings. The van der Waals surface area contributed by atoms with E-state index in [-0.39, 0.29) is 29.0 Å². The fraction of sp³-hybridized carbons (Fsp3) is 0.739. The van der Waals surface area contributed by atoms with Gasteiger partial charge >= 0.3 is 5.97 Å². The zero-order valence-electron chi connectivity index (χ0n) is 17.5. The standard InChI is InChI=1S/C23H38O4/c1-5-6-15-22(2,3)20(25)14-17-23(4)16-13-19(24)18(23)11-9-7-8-10-12-21(26)27/h7,9,14,17-18,20,25H,5-6,8,10-13,15-16H2,1-4H3,(H,26,27)/b9-7-,17-14+/t18-,20+,23?/m0/s1. The Hall–Kier alpha value is -1.42. The van der Waals surface area contributed by atoms with Crippen molar-refractivity contribution >= 4 is 11.8 Å². The highest BCUT2D eigenvalue weighted by molar-refractivity contribution is 5.84. The van der Waals surface area contributed by atoms with Crippen LogP contribution in [0.25, 0.3) is 0 Å². The van der Waals surface area contributed by atoms with E-state index in [0.29, 0.717) is 19.3 Å². The van der Waals surface area contributed by atoms with Gasteiger partial charge in [0.2, 0.25) is 0 Å². The highest BCUT2D eigenvalue weighted by atomic mass is 16.4. The van der Waals surface area contributed by atoms with Gasteiger partial charge in [-0.05, 0) is 42.9 Å². The SMILES string of the molecule is CCCCC(C)(C)[C@H](O)/C=C/C1(C)CCC(=O)[C@@H]1C/C=C\CCCC(=O)O. The third-order valence-corrected chi connectivity index (χ3v) is 6.03. The number of unbranched alkanes of at least 4 members (excludes halogenated alkanes) is 2. The number of carbonyl (C=O) groups is 2. The zero-order chi connectivity index (χ0) is 20.5. The molecule has 27 heavy (non-hydrogen) atoms. The molecule has 0 aromatic carbocycles. The Morgan fingerprint density at radius 1 is 1.33 bits per heavy atom. The maximum atomic E-state index is 12.4. The predicted molar refractivity (Wildman–Crippen MR) is 110 cm³/mol. The molecule has 0 amide bonds. The van der Waals surface area contributed by atoms with Crippen molar-refractivity contribution in [2.45, 2.75) is 91.6 Å². The molecule has 1 saturated carbocycles. The van der Waals surface area contributed by atoms with Crippen molar-refractivity contribution in [2.75, 3.05) is 0 Å². The molecule has 4 nitrogen and oxygen atoms in total. The molecule has 0 radical (unpaired) electrons. The van der Waals surface area contributed by atoms with Crippen LogP contribution < -0.4 is 0 Å². The van der Waals surface area contributed by atoms with Crippen molar-refractivity contribution < 1.29 is 19.8 Å². The van der Waals surface area contributed by atoms with Gasteiger partial charge < -0.3 is 10.2 Å². The molecule has 1 aliphatic rings. The minimum Gasteiger partial charge on any atom is -0.481 e. The summed E-state index contributed by atoms with van der Waals surface area (Å²) in [4.78, 5) is 22.9. The summed E-state index contributed by atoms with van der Waals surface area (Å²) in [5.41, 5.74) is -0.380. The van der Waals surface area contributed by atoms with Gasteiger partial charge in [0, 0.05) is 18.8 Å². The molecule has 4 heteroatoms. The maximum absolute atomic E-state index is 12.4. The van der Waals surface area contributed by atoms with Gasteiger partial charge in [-0.15, -0.1) is 0 Å². The Morgan fingerprint density at radius 2 is 2.04 bits per heavy atom. The molecule has 0 heterocycles. The number of carboxylic acid groups (broad SMARTS) is 1. The summed E-state index contributed by atoms with van der Waals surface area (Å²) >= 11 is 0. The second-order valence-corrected chi connectivity index (χ2v) is 8.91. The average molecular weight is 379 g/mol. The number of aliphatic hydroxyl groups excluding tert-OH is 1. The Morgan fingerprint density at radius 3 is 2.67 bits per heavy atom. The molecule has 2 N–H and O–H groups in total. The van der Waals surface area contributed by atoms with Crippen molar-refractivity contribution in [1.29, 1.82) is 0 Å². The number of hydrogen-bond donors (Lipinski definition) is 2. The van der Waals surface area contributed by atoms with Gasteiger partial charge in [-0.2, -0.15) is 0 Å². The van der Waals surface area contributed by atoms with Gasteiger partial charge in [0.15, 0.2) is 0 Å². The number of carboxylic acids is 1. The third kappa shape index (κ3) is 7.61. The van der Waals surface area contributed by atoms with Crippen molar-refractivity contribution in [2.24, 2.45) is 16.7 Å². The van der Waals surface area contributed by atoms with Crippen molar-refractivity contribution in [3.05, 3.63) is 24.3 Å². The van der Waals surface area contributed by atoms with E-state index in [1.165, 1.54) is 0 Å². The van der Waals surface area contributed by atoms with Gasteiger partial charge in [0.1, 0.15) is 5.78 Å². The predicted octanol–water partition coefficient (Wildman–Crippen LogP) is 5.31. The molecule has 1 fully saturated rings. The average Bonchev–Trinajstić information content (AvgIpc) is 2.89. The number of Topliss-reactive ketones (excluding diaryl/α,β-unsaturated/α-hetero) is 1. The molecule has 3 atom stereocenters. The van der Waals surface area contributed by atoms with Crippen LogP contribution in [0.15, 0.2) is 24.3 Å². The molecule has 0 aliphatic heterocycles. The summed E-state index contributed by atoms with van der Waals surface area (Å²) < 4.78 is 0. The van der Waals surface area contributed by atoms with Crippen LogP contribution in [-0.4, -0.2) is 28.1 Å². The van der Waals surface area contributed by atoms with Gasteiger partial charge in [0.25, 0.3) is 0 Å². The van der Waals surface area contributed by atoms with Crippen LogP contribution >= 0.6 is 0 Å². The Bertz CT molecular complexity index is 547. The smallest absolute Gasteiger partial charge is 0.303 e. The lowest BCUT2D eigenvalue weighted by Crippen LogP contribution is -2.29. The van der Waals surface area contributed by atoms with E-state index in [1.807, 2.05) is 18.2 Å². The second kappa shape index (κ2) is 10.8. The van der Waals surface area contributed by atoms with Gasteiger partial charge in [-0.25, -0.2) is 0 Å². The van der Waals surface area contributed by atoms with Crippen LogP contribution in [-0.2, 0) is 9.59 Å². The Balaban J connectivity index is 2.66. The van der Waals surface area contributed by atoms with Crippen LogP contribution in [0.2, 0.25) is 0 Å². The molecule has 0 spiro atoms. The highest BCUT2D eigenvalue weighted by Gasteiger charge is 2.42. The lowest BCUT2D eigenvalue weighted by molar-refractivity contribution is -0.137. The van der Waals surface area contributed by atoms with E-state index < -0.39 is 12.1 Å². The fourth-order valence-corrected chi connectivity index (χ4v) is 3.78. The summed E-state index contributed by atoms with van der Waals surface area (Å²) in [5, 5.41) is 19.3. The van der Waals surface area contributed by atoms with Crippen molar-refractivity contribution in [3.8, 4) is 0 Å². The number of ketones is 1. The van der Waals surface area contributed by atoms with Gasteiger partial charge in [-0.3, -0.25) is 9.59 Å².